The molecule has 262 valence electrons. The topological polar surface area (TPSA) is 19.6 Å². The average Bonchev–Trinajstić information content (AvgIpc) is 3.71. The van der Waals surface area contributed by atoms with Gasteiger partial charge in [-0.25, -0.2) is 0 Å². The normalized spacial score (nSPS) is 13.7. The van der Waals surface area contributed by atoms with Crippen molar-refractivity contribution in [3.63, 3.8) is 0 Å². The van der Waals surface area contributed by atoms with Crippen molar-refractivity contribution in [1.82, 2.24) is 0 Å². The van der Waals surface area contributed by atoms with E-state index >= 15 is 0 Å². The smallest absolute Gasteiger partial charge is 0.137 e. The fraction of sp³-hybridized carbons (Fsp3) is 0.0588. The molecule has 1 aromatic heterocycles. The molecule has 9 aromatic rings. The molecule has 0 saturated heterocycles. The molecule has 0 atom stereocenters. The Hall–Kier alpha value is -6.49. The summed E-state index contributed by atoms with van der Waals surface area (Å²) in [6.07, 6.45) is 0. The van der Waals surface area contributed by atoms with Crippen molar-refractivity contribution in [3.8, 4) is 22.3 Å². The molecular weight excluding hydrogens is 689 g/mol. The average molecular weight is 725 g/mol. The molecule has 0 radical (unpaired) electrons. The lowest BCUT2D eigenvalue weighted by atomic mass is 9.82. The summed E-state index contributed by atoms with van der Waals surface area (Å²) >= 11 is 1.83. The summed E-state index contributed by atoms with van der Waals surface area (Å²) in [5, 5.41) is 2.27. The van der Waals surface area contributed by atoms with E-state index in [0.29, 0.717) is 0 Å². The van der Waals surface area contributed by atoms with E-state index in [1.54, 1.807) is 0 Å². The molecule has 2 heterocycles. The fourth-order valence-corrected chi connectivity index (χ4v) is 9.90. The van der Waals surface area contributed by atoms with Crippen molar-refractivity contribution in [1.29, 1.82) is 0 Å². The van der Waals surface area contributed by atoms with Gasteiger partial charge in [-0.1, -0.05) is 135 Å². The number of hydrogen-bond donors (Lipinski definition) is 0. The zero-order valence-corrected chi connectivity index (χ0v) is 31.3. The second-order valence-corrected chi connectivity index (χ2v) is 16.0. The first-order valence-electron chi connectivity index (χ1n) is 18.8. The quantitative estimate of drug-likeness (QED) is 0.176. The van der Waals surface area contributed by atoms with E-state index in [4.69, 9.17) is 4.42 Å². The van der Waals surface area contributed by atoms with Crippen molar-refractivity contribution < 1.29 is 4.42 Å². The Kier molecular flexibility index (Phi) is 7.14. The van der Waals surface area contributed by atoms with E-state index in [1.165, 1.54) is 43.2 Å². The predicted octanol–water partition coefficient (Wildman–Crippen LogP) is 15.0. The minimum absolute atomic E-state index is 0.122. The molecule has 3 nitrogen and oxygen atoms in total. The molecule has 4 heteroatoms. The van der Waals surface area contributed by atoms with Crippen LogP contribution in [0.15, 0.2) is 196 Å². The van der Waals surface area contributed by atoms with Crippen molar-refractivity contribution in [3.05, 3.63) is 193 Å². The highest BCUT2D eigenvalue weighted by Crippen LogP contribution is 2.55. The van der Waals surface area contributed by atoms with Gasteiger partial charge in [-0.15, -0.1) is 0 Å². The Morgan fingerprint density at radius 1 is 0.491 bits per heavy atom. The van der Waals surface area contributed by atoms with Crippen LogP contribution >= 0.6 is 11.8 Å². The molecular formula is C51H36N2OS. The molecule has 1 aliphatic carbocycles. The molecule has 0 fully saturated rings. The van der Waals surface area contributed by atoms with Gasteiger partial charge in [-0.05, 0) is 94.5 Å². The van der Waals surface area contributed by atoms with Crippen LogP contribution < -0.4 is 9.80 Å². The first-order valence-corrected chi connectivity index (χ1v) is 19.7. The van der Waals surface area contributed by atoms with E-state index in [9.17, 15) is 0 Å². The second kappa shape index (κ2) is 12.3. The number of rotatable bonds is 5. The van der Waals surface area contributed by atoms with Gasteiger partial charge in [0.15, 0.2) is 0 Å². The number of para-hydroxylation sites is 3. The standard InChI is InChI=1S/C51H36N2OS/c1-51(2)42-19-9-6-17-38(42)39-27-24-34(30-43(39)51)52(44-20-10-7-16-37(44)33-14-4-3-5-15-33)36-26-29-46-50(32-36)55-49-23-13-11-21-45(49)53(46)35-25-28-41-40-18-8-12-22-47(40)54-48(41)31-35/h3-32H,1-2H3. The third-order valence-corrected chi connectivity index (χ3v) is 12.6. The highest BCUT2D eigenvalue weighted by atomic mass is 32.2. The number of fused-ring (bicyclic) bond motifs is 8. The summed E-state index contributed by atoms with van der Waals surface area (Å²) in [6.45, 7) is 4.71. The van der Waals surface area contributed by atoms with Crippen molar-refractivity contribution >= 4 is 67.8 Å². The van der Waals surface area contributed by atoms with Crippen molar-refractivity contribution in [2.45, 2.75) is 29.1 Å². The minimum atomic E-state index is -0.122. The van der Waals surface area contributed by atoms with Gasteiger partial charge in [0.25, 0.3) is 0 Å². The summed E-state index contributed by atoms with van der Waals surface area (Å²) in [5.74, 6) is 0. The molecule has 0 bridgehead atoms. The van der Waals surface area contributed by atoms with Gasteiger partial charge in [0, 0.05) is 54.7 Å². The van der Waals surface area contributed by atoms with Crippen LogP contribution in [-0.2, 0) is 5.41 Å². The van der Waals surface area contributed by atoms with Crippen LogP contribution in [0, 0.1) is 0 Å². The number of benzene rings is 8. The maximum absolute atomic E-state index is 6.38. The molecule has 0 N–H and O–H groups in total. The Morgan fingerprint density at radius 3 is 2.07 bits per heavy atom. The molecule has 11 rings (SSSR count). The molecule has 0 spiro atoms. The summed E-state index contributed by atoms with van der Waals surface area (Å²) in [6, 6.07) is 66.0. The van der Waals surface area contributed by atoms with Crippen molar-refractivity contribution in [2.75, 3.05) is 9.80 Å². The van der Waals surface area contributed by atoms with Crippen molar-refractivity contribution in [2.24, 2.45) is 0 Å². The van der Waals surface area contributed by atoms with Crippen LogP contribution in [-0.4, -0.2) is 0 Å². The third kappa shape index (κ3) is 4.98. The van der Waals surface area contributed by atoms with Crippen LogP contribution in [0.5, 0.6) is 0 Å². The highest BCUT2D eigenvalue weighted by Gasteiger charge is 2.36. The molecule has 0 unspecified atom stereocenters. The first-order chi connectivity index (χ1) is 27.0. The molecule has 8 aromatic carbocycles. The van der Waals surface area contributed by atoms with Gasteiger partial charge in [-0.3, -0.25) is 0 Å². The summed E-state index contributed by atoms with van der Waals surface area (Å²) < 4.78 is 6.38. The van der Waals surface area contributed by atoms with Crippen LogP contribution in [0.3, 0.4) is 0 Å². The monoisotopic (exact) mass is 724 g/mol. The lowest BCUT2D eigenvalue weighted by Gasteiger charge is -2.35. The SMILES string of the molecule is CC1(C)c2ccccc2-c2ccc(N(c3ccc4c(c3)Sc3ccccc3N4c3ccc4c(c3)oc3ccccc34)c3ccccc3-c3ccccc3)cc21. The van der Waals surface area contributed by atoms with E-state index in [0.717, 1.165) is 56.1 Å². The van der Waals surface area contributed by atoms with Crippen LogP contribution in [0.1, 0.15) is 25.0 Å². The lowest BCUT2D eigenvalue weighted by molar-refractivity contribution is 0.660. The summed E-state index contributed by atoms with van der Waals surface area (Å²) in [7, 11) is 0. The Balaban J connectivity index is 1.10. The first kappa shape index (κ1) is 32.0. The Bertz CT molecular complexity index is 2960. The minimum Gasteiger partial charge on any atom is -0.456 e. The van der Waals surface area contributed by atoms with Gasteiger partial charge in [0.2, 0.25) is 0 Å². The number of furan rings is 1. The third-order valence-electron chi connectivity index (χ3n) is 11.4. The second-order valence-electron chi connectivity index (χ2n) is 15.0. The van der Waals surface area contributed by atoms with Gasteiger partial charge < -0.3 is 14.2 Å². The van der Waals surface area contributed by atoms with Crippen LogP contribution in [0.2, 0.25) is 0 Å². The number of anilines is 6. The molecule has 1 aliphatic heterocycles. The predicted molar refractivity (Wildman–Crippen MR) is 230 cm³/mol. The molecule has 55 heavy (non-hydrogen) atoms. The zero-order chi connectivity index (χ0) is 36.7. The maximum atomic E-state index is 6.38. The largest absolute Gasteiger partial charge is 0.456 e. The van der Waals surface area contributed by atoms with E-state index in [2.05, 4.69) is 194 Å². The Morgan fingerprint density at radius 2 is 1.16 bits per heavy atom. The van der Waals surface area contributed by atoms with Gasteiger partial charge >= 0.3 is 0 Å². The lowest BCUT2D eigenvalue weighted by Crippen LogP contribution is -2.18. The zero-order valence-electron chi connectivity index (χ0n) is 30.5. The van der Waals surface area contributed by atoms with E-state index < -0.39 is 0 Å². The van der Waals surface area contributed by atoms with E-state index in [-0.39, 0.29) is 5.41 Å². The maximum Gasteiger partial charge on any atom is 0.137 e. The van der Waals surface area contributed by atoms with Crippen LogP contribution in [0.25, 0.3) is 44.2 Å². The molecule has 2 aliphatic rings. The van der Waals surface area contributed by atoms with E-state index in [1.807, 2.05) is 23.9 Å². The van der Waals surface area contributed by atoms with Crippen LogP contribution in [0.4, 0.5) is 34.1 Å². The number of hydrogen-bond acceptors (Lipinski definition) is 4. The molecule has 0 amide bonds. The van der Waals surface area contributed by atoms with Gasteiger partial charge in [0.05, 0.1) is 17.1 Å². The highest BCUT2D eigenvalue weighted by molar-refractivity contribution is 7.99. The number of nitrogens with zero attached hydrogens (tertiary/aromatic N) is 2. The fourth-order valence-electron chi connectivity index (χ4n) is 8.81. The van der Waals surface area contributed by atoms with Gasteiger partial charge in [-0.2, -0.15) is 0 Å². The summed E-state index contributed by atoms with van der Waals surface area (Å²) in [4.78, 5) is 7.24. The molecule has 0 saturated carbocycles. The summed E-state index contributed by atoms with van der Waals surface area (Å²) in [5.41, 5.74) is 16.2. The Labute approximate surface area is 325 Å². The van der Waals surface area contributed by atoms with Gasteiger partial charge in [0.1, 0.15) is 11.2 Å².